The lowest BCUT2D eigenvalue weighted by Crippen LogP contribution is -2.50. The van der Waals surface area contributed by atoms with Gasteiger partial charge in [0.2, 0.25) is 21.8 Å². The Morgan fingerprint density at radius 2 is 1.76 bits per heavy atom. The summed E-state index contributed by atoms with van der Waals surface area (Å²) in [6.45, 7) is 3.34. The molecule has 0 heterocycles. The van der Waals surface area contributed by atoms with Crippen LogP contribution in [0.3, 0.4) is 0 Å². The number of carboxylic acid groups (broad SMARTS) is 1. The minimum absolute atomic E-state index is 0.165. The van der Waals surface area contributed by atoms with Crippen LogP contribution < -0.4 is 32.1 Å². The molecule has 0 spiro atoms. The third-order valence-corrected chi connectivity index (χ3v) is 6.33. The summed E-state index contributed by atoms with van der Waals surface area (Å²) in [6, 6.07) is 3.43. The van der Waals surface area contributed by atoms with Crippen molar-refractivity contribution in [1.29, 1.82) is 0 Å². The molecule has 15 nitrogen and oxygen atoms in total. The molecule has 10 N–H and O–H groups in total. The summed E-state index contributed by atoms with van der Waals surface area (Å²) in [6.07, 6.45) is 0.443. The molecule has 0 radical (unpaired) electrons. The lowest BCUT2D eigenvalue weighted by atomic mass is 10.1. The molecule has 0 fully saturated rings. The molecule has 0 aromatic heterocycles. The Labute approximate surface area is 219 Å². The van der Waals surface area contributed by atoms with E-state index in [1.807, 2.05) is 0 Å². The first-order valence-electron chi connectivity index (χ1n) is 11.4. The highest BCUT2D eigenvalue weighted by Gasteiger charge is 2.26. The summed E-state index contributed by atoms with van der Waals surface area (Å²) in [5, 5.41) is 28.0. The van der Waals surface area contributed by atoms with Crippen LogP contribution in [-0.2, 0) is 35.0 Å². The van der Waals surface area contributed by atoms with Crippen LogP contribution in [0, 0.1) is 0 Å². The van der Waals surface area contributed by atoms with Crippen molar-refractivity contribution in [1.82, 2.24) is 20.7 Å². The van der Waals surface area contributed by atoms with Crippen LogP contribution in [0.4, 0.5) is 0 Å². The lowest BCUT2D eigenvalue weighted by Gasteiger charge is -2.19. The Balaban J connectivity index is 2.74. The van der Waals surface area contributed by atoms with Crippen molar-refractivity contribution in [2.75, 3.05) is 13.1 Å². The van der Waals surface area contributed by atoms with E-state index in [2.05, 4.69) is 32.4 Å². The number of nitrogens with two attached hydrogens (primary N) is 2. The molecule has 210 valence electrons. The molecule has 2 amide bonds. The Morgan fingerprint density at radius 1 is 1.11 bits per heavy atom. The first kappa shape index (κ1) is 31.8. The number of amidine groups is 1. The molecule has 2 unspecified atom stereocenters. The van der Waals surface area contributed by atoms with Crippen LogP contribution in [0.2, 0.25) is 0 Å². The maximum absolute atomic E-state index is 12.7. The second kappa shape index (κ2) is 15.8. The van der Waals surface area contributed by atoms with E-state index in [0.717, 1.165) is 0 Å². The average molecular weight is 556 g/mol. The number of carboxylic acids is 1. The molecule has 1 aromatic carbocycles. The minimum atomic E-state index is -4.13. The molecule has 0 bridgehead atoms. The van der Waals surface area contributed by atoms with E-state index in [4.69, 9.17) is 21.8 Å². The van der Waals surface area contributed by atoms with Crippen molar-refractivity contribution in [2.24, 2.45) is 16.6 Å². The number of hydrogen-bond acceptors (Lipinski definition) is 10. The van der Waals surface area contributed by atoms with E-state index in [0.29, 0.717) is 36.8 Å². The Hall–Kier alpha value is -4.18. The van der Waals surface area contributed by atoms with Gasteiger partial charge in [0.1, 0.15) is 12.3 Å². The molecule has 1 aromatic rings. The maximum Gasteiger partial charge on any atom is 0.303 e. The van der Waals surface area contributed by atoms with Crippen molar-refractivity contribution < 1.29 is 37.9 Å². The number of nitrogens with one attached hydrogen (secondary N) is 4. The number of oxime groups is 1. The molecular weight excluding hydrogens is 522 g/mol. The molecule has 2 atom stereocenters. The van der Waals surface area contributed by atoms with E-state index >= 15 is 0 Å². The topological polar surface area (TPSA) is 255 Å². The van der Waals surface area contributed by atoms with Gasteiger partial charge in [-0.25, -0.2) is 13.1 Å². The van der Waals surface area contributed by atoms with Crippen molar-refractivity contribution in [3.05, 3.63) is 47.8 Å². The second-order valence-corrected chi connectivity index (χ2v) is 9.92. The van der Waals surface area contributed by atoms with Gasteiger partial charge >= 0.3 is 5.97 Å². The van der Waals surface area contributed by atoms with Gasteiger partial charge in [0.15, 0.2) is 5.84 Å². The quantitative estimate of drug-likeness (QED) is 0.0246. The number of sulfonamides is 1. The van der Waals surface area contributed by atoms with Crippen molar-refractivity contribution in [2.45, 2.75) is 43.5 Å². The third kappa shape index (κ3) is 12.7. The second-order valence-electron chi connectivity index (χ2n) is 8.17. The molecule has 0 aliphatic rings. The highest BCUT2D eigenvalue weighted by molar-refractivity contribution is 7.88. The summed E-state index contributed by atoms with van der Waals surface area (Å²) in [4.78, 5) is 47.0. The number of amides is 2. The summed E-state index contributed by atoms with van der Waals surface area (Å²) >= 11 is 0. The number of aliphatic carboxylic acids is 1. The summed E-state index contributed by atoms with van der Waals surface area (Å²) < 4.78 is 27.5. The van der Waals surface area contributed by atoms with Crippen molar-refractivity contribution in [3.63, 3.8) is 0 Å². The normalized spacial score (nSPS) is 13.1. The van der Waals surface area contributed by atoms with Gasteiger partial charge in [-0.3, -0.25) is 14.4 Å². The van der Waals surface area contributed by atoms with E-state index < -0.39 is 58.6 Å². The molecule has 1 rings (SSSR count). The van der Waals surface area contributed by atoms with Crippen LogP contribution in [0.15, 0.2) is 41.8 Å². The summed E-state index contributed by atoms with van der Waals surface area (Å²) in [5.41, 5.74) is 11.5. The highest BCUT2D eigenvalue weighted by atomic mass is 32.2. The number of carbonyl (C=O) groups excluding carboxylic acids is 3. The fourth-order valence-electron chi connectivity index (χ4n) is 3.11. The Bertz CT molecular complexity index is 1120. The lowest BCUT2D eigenvalue weighted by molar-refractivity contribution is -0.137. The van der Waals surface area contributed by atoms with E-state index in [-0.39, 0.29) is 18.1 Å². The van der Waals surface area contributed by atoms with Crippen LogP contribution in [0.25, 0.3) is 0 Å². The first-order valence-corrected chi connectivity index (χ1v) is 13.0. The zero-order valence-corrected chi connectivity index (χ0v) is 21.4. The first-order chi connectivity index (χ1) is 17.9. The fourth-order valence-corrected chi connectivity index (χ4v) is 4.49. The van der Waals surface area contributed by atoms with Gasteiger partial charge in [0.25, 0.3) is 0 Å². The van der Waals surface area contributed by atoms with Gasteiger partial charge in [0, 0.05) is 18.5 Å². The SMILES string of the molecule is C=C(N)NCCCC(C=O)NC(=O)CNC(=O)C(CCC(=O)O)NS(=O)(=O)Cc1ccc(/C(N)=N\O)cc1. The molecule has 0 saturated carbocycles. The average Bonchev–Trinajstić information content (AvgIpc) is 2.86. The Morgan fingerprint density at radius 3 is 2.32 bits per heavy atom. The van der Waals surface area contributed by atoms with Crippen molar-refractivity contribution in [3.8, 4) is 0 Å². The summed E-state index contributed by atoms with van der Waals surface area (Å²) in [5.74, 6) is -3.31. The number of nitrogens with zero attached hydrogens (tertiary/aromatic N) is 1. The number of aldehydes is 1. The molecule has 38 heavy (non-hydrogen) atoms. The van der Waals surface area contributed by atoms with Gasteiger partial charge in [0.05, 0.1) is 24.2 Å². The third-order valence-electron chi connectivity index (χ3n) is 4.98. The smallest absolute Gasteiger partial charge is 0.303 e. The molecule has 0 aliphatic heterocycles. The van der Waals surface area contributed by atoms with E-state index in [1.54, 1.807) is 0 Å². The maximum atomic E-state index is 12.7. The van der Waals surface area contributed by atoms with Gasteiger partial charge in [-0.2, -0.15) is 0 Å². The largest absolute Gasteiger partial charge is 0.481 e. The molecule has 0 aliphatic carbocycles. The van der Waals surface area contributed by atoms with Crippen LogP contribution in [0.5, 0.6) is 0 Å². The van der Waals surface area contributed by atoms with Gasteiger partial charge in [-0.15, -0.1) is 0 Å². The van der Waals surface area contributed by atoms with Crippen LogP contribution >= 0.6 is 0 Å². The van der Waals surface area contributed by atoms with E-state index in [9.17, 15) is 27.6 Å². The number of carbonyl (C=O) groups is 4. The number of hydrogen-bond donors (Lipinski definition) is 8. The Kier molecular flexibility index (Phi) is 13.3. The zero-order chi connectivity index (χ0) is 28.7. The van der Waals surface area contributed by atoms with E-state index in [1.165, 1.54) is 24.3 Å². The predicted octanol–water partition coefficient (Wildman–Crippen LogP) is -1.97. The number of benzene rings is 1. The van der Waals surface area contributed by atoms with Crippen LogP contribution in [-0.4, -0.2) is 73.8 Å². The molecular formula is C22H33N7O8S. The minimum Gasteiger partial charge on any atom is -0.481 e. The number of rotatable bonds is 18. The van der Waals surface area contributed by atoms with Gasteiger partial charge < -0.3 is 42.5 Å². The standard InChI is InChI=1S/C22H33N7O8S/c1-14(23)25-10-2-3-17(12-30)27-19(31)11-26-22(34)18(8-9-20(32)33)29-38(36,37)13-15-4-6-16(7-5-15)21(24)28-35/h4-7,12,17-18,25,29,35H,1-3,8-11,13,23H2,(H2,24,28)(H,26,34)(H,27,31)(H,32,33). The van der Waals surface area contributed by atoms with Gasteiger partial charge in [-0.05, 0) is 24.8 Å². The predicted molar refractivity (Wildman–Crippen MR) is 137 cm³/mol. The summed E-state index contributed by atoms with van der Waals surface area (Å²) in [7, 11) is -4.13. The van der Waals surface area contributed by atoms with Gasteiger partial charge in [-0.1, -0.05) is 36.0 Å². The zero-order valence-electron chi connectivity index (χ0n) is 20.6. The fraction of sp³-hybridized carbons (Fsp3) is 0.409. The molecule has 0 saturated heterocycles. The van der Waals surface area contributed by atoms with Crippen LogP contribution in [0.1, 0.15) is 36.8 Å². The highest BCUT2D eigenvalue weighted by Crippen LogP contribution is 2.10. The van der Waals surface area contributed by atoms with Crippen molar-refractivity contribution >= 4 is 39.9 Å². The monoisotopic (exact) mass is 555 g/mol. The molecule has 16 heteroatoms.